The number of hydrogen-bond donors (Lipinski definition) is 2. The van der Waals surface area contributed by atoms with Gasteiger partial charge in [0.2, 0.25) is 0 Å². The highest BCUT2D eigenvalue weighted by molar-refractivity contribution is 5.47. The molecule has 0 aliphatic heterocycles. The number of methoxy groups -OCH3 is 1. The van der Waals surface area contributed by atoms with Crippen molar-refractivity contribution in [3.8, 4) is 5.75 Å². The zero-order chi connectivity index (χ0) is 12.3. The van der Waals surface area contributed by atoms with E-state index in [1.54, 1.807) is 7.11 Å². The molecule has 3 heteroatoms. The predicted octanol–water partition coefficient (Wildman–Crippen LogP) is 1.96. The average Bonchev–Trinajstić information content (AvgIpc) is 2.37. The topological polar surface area (TPSA) is 55.5 Å². The predicted molar refractivity (Wildman–Crippen MR) is 68.3 cm³/mol. The average molecular weight is 235 g/mol. The van der Waals surface area contributed by atoms with E-state index in [9.17, 15) is 0 Å². The van der Waals surface area contributed by atoms with Gasteiger partial charge < -0.3 is 15.6 Å². The molecule has 1 atom stereocenters. The fraction of sp³-hybridized carbons (Fsp3) is 0.571. The van der Waals surface area contributed by atoms with Gasteiger partial charge in [-0.1, -0.05) is 6.07 Å². The number of benzene rings is 1. The fourth-order valence-corrected chi connectivity index (χ4v) is 2.70. The zero-order valence-electron chi connectivity index (χ0n) is 10.4. The Labute approximate surface area is 103 Å². The highest BCUT2D eigenvalue weighted by Crippen LogP contribution is 2.34. The van der Waals surface area contributed by atoms with Crippen LogP contribution in [-0.2, 0) is 12.8 Å². The SMILES string of the molecule is COc1ccc(C(N)CCO)c2c1CCCC2. The monoisotopic (exact) mass is 235 g/mol. The third-order valence-electron chi connectivity index (χ3n) is 3.59. The molecule has 0 saturated heterocycles. The highest BCUT2D eigenvalue weighted by atomic mass is 16.5. The molecule has 0 amide bonds. The van der Waals surface area contributed by atoms with Gasteiger partial charge in [-0.2, -0.15) is 0 Å². The van der Waals surface area contributed by atoms with Crippen molar-refractivity contribution < 1.29 is 9.84 Å². The van der Waals surface area contributed by atoms with E-state index in [-0.39, 0.29) is 12.6 Å². The molecule has 94 valence electrons. The van der Waals surface area contributed by atoms with Crippen LogP contribution in [0.1, 0.15) is 42.0 Å². The van der Waals surface area contributed by atoms with E-state index in [4.69, 9.17) is 15.6 Å². The third-order valence-corrected chi connectivity index (χ3v) is 3.59. The van der Waals surface area contributed by atoms with Crippen LogP contribution in [0.4, 0.5) is 0 Å². The minimum atomic E-state index is -0.0576. The van der Waals surface area contributed by atoms with Crippen molar-refractivity contribution in [1.82, 2.24) is 0 Å². The smallest absolute Gasteiger partial charge is 0.122 e. The molecule has 3 N–H and O–H groups in total. The van der Waals surface area contributed by atoms with Gasteiger partial charge in [0.25, 0.3) is 0 Å². The lowest BCUT2D eigenvalue weighted by molar-refractivity contribution is 0.276. The van der Waals surface area contributed by atoms with Crippen LogP contribution >= 0.6 is 0 Å². The van der Waals surface area contributed by atoms with Crippen LogP contribution < -0.4 is 10.5 Å². The summed E-state index contributed by atoms with van der Waals surface area (Å²) in [5.74, 6) is 0.986. The van der Waals surface area contributed by atoms with Crippen LogP contribution in [0.25, 0.3) is 0 Å². The summed E-state index contributed by atoms with van der Waals surface area (Å²) in [5, 5.41) is 9.00. The molecule has 0 fully saturated rings. The van der Waals surface area contributed by atoms with E-state index >= 15 is 0 Å². The van der Waals surface area contributed by atoms with E-state index in [0.29, 0.717) is 6.42 Å². The number of fused-ring (bicyclic) bond motifs is 1. The Balaban J connectivity index is 2.40. The van der Waals surface area contributed by atoms with Crippen molar-refractivity contribution in [3.63, 3.8) is 0 Å². The quantitative estimate of drug-likeness (QED) is 0.838. The van der Waals surface area contributed by atoms with Gasteiger partial charge >= 0.3 is 0 Å². The van der Waals surface area contributed by atoms with E-state index in [0.717, 1.165) is 18.6 Å². The molecular formula is C14H21NO2. The molecule has 0 bridgehead atoms. The second-order valence-electron chi connectivity index (χ2n) is 4.64. The Morgan fingerprint density at radius 3 is 2.65 bits per heavy atom. The minimum absolute atomic E-state index is 0.0576. The zero-order valence-corrected chi connectivity index (χ0v) is 10.4. The molecular weight excluding hydrogens is 214 g/mol. The Kier molecular flexibility index (Phi) is 4.02. The number of rotatable bonds is 4. The maximum absolute atomic E-state index is 9.00. The largest absolute Gasteiger partial charge is 0.496 e. The lowest BCUT2D eigenvalue weighted by atomic mass is 9.85. The van der Waals surface area contributed by atoms with Crippen LogP contribution in [0.15, 0.2) is 12.1 Å². The van der Waals surface area contributed by atoms with Crippen molar-refractivity contribution in [2.75, 3.05) is 13.7 Å². The number of ether oxygens (including phenoxy) is 1. The molecule has 2 rings (SSSR count). The summed E-state index contributed by atoms with van der Waals surface area (Å²) in [6.45, 7) is 0.141. The summed E-state index contributed by atoms with van der Waals surface area (Å²) >= 11 is 0. The van der Waals surface area contributed by atoms with Crippen molar-refractivity contribution in [2.24, 2.45) is 5.73 Å². The maximum atomic E-state index is 9.00. The Morgan fingerprint density at radius 2 is 2.00 bits per heavy atom. The number of hydrogen-bond acceptors (Lipinski definition) is 3. The van der Waals surface area contributed by atoms with Crippen LogP contribution in [0.5, 0.6) is 5.75 Å². The number of nitrogens with two attached hydrogens (primary N) is 1. The van der Waals surface area contributed by atoms with Crippen LogP contribution in [-0.4, -0.2) is 18.8 Å². The first-order valence-electron chi connectivity index (χ1n) is 6.33. The standard InChI is InChI=1S/C14H21NO2/c1-17-14-7-6-11(13(15)8-9-16)10-4-2-3-5-12(10)14/h6-7,13,16H,2-5,8-9,15H2,1H3. The van der Waals surface area contributed by atoms with Crippen LogP contribution in [0, 0.1) is 0 Å². The molecule has 17 heavy (non-hydrogen) atoms. The molecule has 0 aromatic heterocycles. The molecule has 0 heterocycles. The van der Waals surface area contributed by atoms with E-state index in [1.165, 1.54) is 29.5 Å². The highest BCUT2D eigenvalue weighted by Gasteiger charge is 2.20. The molecule has 3 nitrogen and oxygen atoms in total. The van der Waals surface area contributed by atoms with Gasteiger partial charge in [-0.05, 0) is 54.9 Å². The van der Waals surface area contributed by atoms with Crippen molar-refractivity contribution in [1.29, 1.82) is 0 Å². The third kappa shape index (κ3) is 2.45. The number of aliphatic hydroxyl groups excluding tert-OH is 1. The summed E-state index contributed by atoms with van der Waals surface area (Å²) in [4.78, 5) is 0. The summed E-state index contributed by atoms with van der Waals surface area (Å²) in [5.41, 5.74) is 9.99. The second kappa shape index (κ2) is 5.52. The first kappa shape index (κ1) is 12.4. The number of aliphatic hydroxyl groups is 1. The summed E-state index contributed by atoms with van der Waals surface area (Å²) < 4.78 is 5.42. The molecule has 0 saturated carbocycles. The Bertz CT molecular complexity index is 390. The van der Waals surface area contributed by atoms with Crippen LogP contribution in [0.2, 0.25) is 0 Å². The normalized spacial score (nSPS) is 16.4. The molecule has 1 unspecified atom stereocenters. The van der Waals surface area contributed by atoms with Gasteiger partial charge in [-0.15, -0.1) is 0 Å². The molecule has 1 aliphatic carbocycles. The molecule has 0 radical (unpaired) electrons. The van der Waals surface area contributed by atoms with Gasteiger partial charge in [0.15, 0.2) is 0 Å². The lowest BCUT2D eigenvalue weighted by Gasteiger charge is -2.24. The first-order chi connectivity index (χ1) is 8.27. The minimum Gasteiger partial charge on any atom is -0.496 e. The van der Waals surface area contributed by atoms with E-state index in [1.807, 2.05) is 6.07 Å². The first-order valence-corrected chi connectivity index (χ1v) is 6.33. The Hall–Kier alpha value is -1.06. The van der Waals surface area contributed by atoms with Gasteiger partial charge in [0.1, 0.15) is 5.75 Å². The van der Waals surface area contributed by atoms with Crippen molar-refractivity contribution in [3.05, 3.63) is 28.8 Å². The van der Waals surface area contributed by atoms with Gasteiger partial charge in [0.05, 0.1) is 7.11 Å². The van der Waals surface area contributed by atoms with Crippen molar-refractivity contribution >= 4 is 0 Å². The molecule has 0 spiro atoms. The summed E-state index contributed by atoms with van der Waals surface area (Å²) in [7, 11) is 1.72. The summed E-state index contributed by atoms with van der Waals surface area (Å²) in [6.07, 6.45) is 5.24. The fourth-order valence-electron chi connectivity index (χ4n) is 2.70. The van der Waals surface area contributed by atoms with Gasteiger partial charge in [-0.3, -0.25) is 0 Å². The summed E-state index contributed by atoms with van der Waals surface area (Å²) in [6, 6.07) is 4.01. The molecule has 1 aliphatic rings. The van der Waals surface area contributed by atoms with Crippen LogP contribution in [0.3, 0.4) is 0 Å². The van der Waals surface area contributed by atoms with Gasteiger partial charge in [-0.25, -0.2) is 0 Å². The van der Waals surface area contributed by atoms with Crippen molar-refractivity contribution in [2.45, 2.75) is 38.1 Å². The molecule has 1 aromatic carbocycles. The van der Waals surface area contributed by atoms with Gasteiger partial charge in [0, 0.05) is 12.6 Å². The Morgan fingerprint density at radius 1 is 1.29 bits per heavy atom. The second-order valence-corrected chi connectivity index (χ2v) is 4.64. The maximum Gasteiger partial charge on any atom is 0.122 e. The van der Waals surface area contributed by atoms with E-state index < -0.39 is 0 Å². The lowest BCUT2D eigenvalue weighted by Crippen LogP contribution is -2.17. The van der Waals surface area contributed by atoms with E-state index in [2.05, 4.69) is 6.07 Å². The molecule has 1 aromatic rings.